The summed E-state index contributed by atoms with van der Waals surface area (Å²) in [6, 6.07) is 6.56. The number of hydrogen-bond donors (Lipinski definition) is 1. The molecule has 0 aliphatic carbocycles. The van der Waals surface area contributed by atoms with Crippen molar-refractivity contribution in [3.8, 4) is 0 Å². The highest BCUT2D eigenvalue weighted by Crippen LogP contribution is 2.13. The molecule has 1 aliphatic heterocycles. The second kappa shape index (κ2) is 10.2. The number of ketones is 1. The second-order valence-corrected chi connectivity index (χ2v) is 7.52. The van der Waals surface area contributed by atoms with Crippen LogP contribution in [0.1, 0.15) is 16.8 Å². The van der Waals surface area contributed by atoms with E-state index in [-0.39, 0.29) is 30.6 Å². The summed E-state index contributed by atoms with van der Waals surface area (Å²) in [5.74, 6) is 0.0878. The molecule has 1 aromatic rings. The zero-order chi connectivity index (χ0) is 16.2. The Balaban J connectivity index is 0.00000264. The first-order valence-electron chi connectivity index (χ1n) is 7.35. The monoisotopic (exact) mass is 397 g/mol. The van der Waals surface area contributed by atoms with Crippen molar-refractivity contribution in [2.45, 2.75) is 6.42 Å². The van der Waals surface area contributed by atoms with Gasteiger partial charge in [0.15, 0.2) is 5.78 Å². The van der Waals surface area contributed by atoms with Gasteiger partial charge >= 0.3 is 0 Å². The Morgan fingerprint density at radius 1 is 1.08 bits per heavy atom. The first-order chi connectivity index (χ1) is 10.3. The van der Waals surface area contributed by atoms with Crippen LogP contribution in [-0.2, 0) is 10.0 Å². The van der Waals surface area contributed by atoms with Crippen LogP contribution in [0, 0.1) is 0 Å². The average molecular weight is 398 g/mol. The highest BCUT2D eigenvalue weighted by molar-refractivity contribution is 7.92. The van der Waals surface area contributed by atoms with Crippen molar-refractivity contribution in [2.24, 2.45) is 0 Å². The number of hydrogen-bond acceptors (Lipinski definition) is 5. The fraction of sp³-hybridized carbons (Fsp3) is 0.533. The molecule has 1 heterocycles. The average Bonchev–Trinajstić information content (AvgIpc) is 2.45. The number of rotatable bonds is 6. The van der Waals surface area contributed by atoms with Crippen LogP contribution in [-0.4, -0.2) is 70.0 Å². The molecular formula is C15H25Cl2N3O3S. The number of carbonyl (C=O) groups excluding carboxylic acids is 1. The third-order valence-electron chi connectivity index (χ3n) is 3.76. The summed E-state index contributed by atoms with van der Waals surface area (Å²) in [6.07, 6.45) is 1.59. The van der Waals surface area contributed by atoms with Gasteiger partial charge in [-0.05, 0) is 31.3 Å². The van der Waals surface area contributed by atoms with Crippen molar-refractivity contribution in [2.75, 3.05) is 50.7 Å². The second-order valence-electron chi connectivity index (χ2n) is 5.77. The number of nitrogens with one attached hydrogen (secondary N) is 1. The minimum absolute atomic E-state index is 0. The zero-order valence-electron chi connectivity index (χ0n) is 13.9. The molecular weight excluding hydrogens is 373 g/mol. The van der Waals surface area contributed by atoms with Crippen molar-refractivity contribution < 1.29 is 13.2 Å². The summed E-state index contributed by atoms with van der Waals surface area (Å²) in [5.41, 5.74) is 1.09. The van der Waals surface area contributed by atoms with Crippen molar-refractivity contribution in [1.29, 1.82) is 0 Å². The minimum Gasteiger partial charge on any atom is -0.304 e. The summed E-state index contributed by atoms with van der Waals surface area (Å²) in [6.45, 7) is 4.86. The highest BCUT2D eigenvalue weighted by Gasteiger charge is 2.15. The number of halogens is 2. The molecule has 1 aliphatic rings. The van der Waals surface area contributed by atoms with Crippen molar-refractivity contribution in [3.05, 3.63) is 29.8 Å². The maximum Gasteiger partial charge on any atom is 0.229 e. The number of piperazine rings is 1. The van der Waals surface area contributed by atoms with E-state index in [0.717, 1.165) is 39.0 Å². The Hall–Kier alpha value is -0.860. The lowest BCUT2D eigenvalue weighted by molar-refractivity contribution is 0.0942. The fourth-order valence-electron chi connectivity index (χ4n) is 2.41. The van der Waals surface area contributed by atoms with Gasteiger partial charge in [0.25, 0.3) is 0 Å². The summed E-state index contributed by atoms with van der Waals surface area (Å²) < 4.78 is 24.6. The molecule has 9 heteroatoms. The highest BCUT2D eigenvalue weighted by atomic mass is 35.5. The van der Waals surface area contributed by atoms with E-state index in [1.165, 1.54) is 0 Å². The van der Waals surface area contributed by atoms with E-state index < -0.39 is 10.0 Å². The van der Waals surface area contributed by atoms with Crippen LogP contribution in [0.3, 0.4) is 0 Å². The topological polar surface area (TPSA) is 69.7 Å². The molecule has 6 nitrogen and oxygen atoms in total. The van der Waals surface area contributed by atoms with Gasteiger partial charge in [0.2, 0.25) is 10.0 Å². The van der Waals surface area contributed by atoms with Crippen LogP contribution >= 0.6 is 24.8 Å². The molecule has 24 heavy (non-hydrogen) atoms. The van der Waals surface area contributed by atoms with Gasteiger partial charge in [-0.3, -0.25) is 9.52 Å². The predicted octanol–water partition coefficient (Wildman–Crippen LogP) is 1.72. The lowest BCUT2D eigenvalue weighted by atomic mass is 10.1. The molecule has 138 valence electrons. The quantitative estimate of drug-likeness (QED) is 0.739. The van der Waals surface area contributed by atoms with Crippen molar-refractivity contribution in [3.63, 3.8) is 0 Å². The number of anilines is 1. The smallest absolute Gasteiger partial charge is 0.229 e. The molecule has 1 saturated heterocycles. The Labute approximate surface area is 156 Å². The normalized spacial score (nSPS) is 15.9. The predicted molar refractivity (Wildman–Crippen MR) is 102 cm³/mol. The van der Waals surface area contributed by atoms with E-state index in [1.54, 1.807) is 24.3 Å². The van der Waals surface area contributed by atoms with E-state index in [9.17, 15) is 13.2 Å². The minimum atomic E-state index is -3.29. The molecule has 0 unspecified atom stereocenters. The molecule has 0 saturated carbocycles. The van der Waals surface area contributed by atoms with Gasteiger partial charge in [-0.25, -0.2) is 8.42 Å². The SMILES string of the molecule is CN1CCN(CCC(=O)c2ccc(NS(C)(=O)=O)cc2)CC1.Cl.Cl. The lowest BCUT2D eigenvalue weighted by Gasteiger charge is -2.32. The van der Waals surface area contributed by atoms with Crippen LogP contribution < -0.4 is 4.72 Å². The fourth-order valence-corrected chi connectivity index (χ4v) is 2.98. The van der Waals surface area contributed by atoms with Crippen LogP contribution in [0.2, 0.25) is 0 Å². The Morgan fingerprint density at radius 3 is 2.12 bits per heavy atom. The van der Waals surface area contributed by atoms with Gasteiger partial charge in [0.05, 0.1) is 6.26 Å². The van der Waals surface area contributed by atoms with Crippen LogP contribution in [0.4, 0.5) is 5.69 Å². The van der Waals surface area contributed by atoms with Crippen LogP contribution in [0.25, 0.3) is 0 Å². The molecule has 0 spiro atoms. The van der Waals surface area contributed by atoms with Gasteiger partial charge in [0, 0.05) is 50.4 Å². The van der Waals surface area contributed by atoms with Gasteiger partial charge in [-0.2, -0.15) is 0 Å². The number of Topliss-reactive ketones (excluding diaryl/α,β-unsaturated/α-hetero) is 1. The number of nitrogens with zero attached hydrogens (tertiary/aromatic N) is 2. The third kappa shape index (κ3) is 7.81. The number of benzene rings is 1. The molecule has 1 aromatic carbocycles. The molecule has 0 bridgehead atoms. The van der Waals surface area contributed by atoms with Gasteiger partial charge in [-0.15, -0.1) is 24.8 Å². The lowest BCUT2D eigenvalue weighted by Crippen LogP contribution is -2.45. The maximum atomic E-state index is 12.2. The van der Waals surface area contributed by atoms with E-state index in [2.05, 4.69) is 21.6 Å². The van der Waals surface area contributed by atoms with E-state index in [4.69, 9.17) is 0 Å². The molecule has 0 aromatic heterocycles. The molecule has 0 radical (unpaired) electrons. The van der Waals surface area contributed by atoms with Gasteiger partial charge in [-0.1, -0.05) is 0 Å². The number of carbonyl (C=O) groups is 1. The Kier molecular flexibility index (Phi) is 9.84. The molecule has 1 N–H and O–H groups in total. The summed E-state index contributed by atoms with van der Waals surface area (Å²) in [7, 11) is -1.18. The molecule has 1 fully saturated rings. The number of sulfonamides is 1. The molecule has 0 atom stereocenters. The maximum absolute atomic E-state index is 12.2. The first-order valence-corrected chi connectivity index (χ1v) is 9.24. The summed E-state index contributed by atoms with van der Waals surface area (Å²) in [4.78, 5) is 16.8. The van der Waals surface area contributed by atoms with Crippen molar-refractivity contribution >= 4 is 46.3 Å². The molecule has 2 rings (SSSR count). The Bertz CT molecular complexity index is 615. The van der Waals surface area contributed by atoms with Gasteiger partial charge < -0.3 is 9.80 Å². The standard InChI is InChI=1S/C15H23N3O3S.2ClH/c1-17-9-11-18(12-10-17)8-7-15(19)13-3-5-14(6-4-13)16-22(2,20)21;;/h3-6,16H,7-12H2,1-2H3;2*1H. The van der Waals surface area contributed by atoms with E-state index >= 15 is 0 Å². The van der Waals surface area contributed by atoms with Gasteiger partial charge in [0.1, 0.15) is 0 Å². The largest absolute Gasteiger partial charge is 0.304 e. The van der Waals surface area contributed by atoms with Crippen molar-refractivity contribution in [1.82, 2.24) is 9.80 Å². The number of likely N-dealkylation sites (N-methyl/N-ethyl adjacent to an activating group) is 1. The third-order valence-corrected chi connectivity index (χ3v) is 4.37. The summed E-state index contributed by atoms with van der Waals surface area (Å²) in [5, 5.41) is 0. The molecule has 0 amide bonds. The van der Waals surface area contributed by atoms with E-state index in [1.807, 2.05) is 0 Å². The van der Waals surface area contributed by atoms with Crippen LogP contribution in [0.15, 0.2) is 24.3 Å². The van der Waals surface area contributed by atoms with Crippen LogP contribution in [0.5, 0.6) is 0 Å². The van der Waals surface area contributed by atoms with E-state index in [0.29, 0.717) is 17.7 Å². The first kappa shape index (κ1) is 23.1. The Morgan fingerprint density at radius 2 is 1.62 bits per heavy atom. The zero-order valence-corrected chi connectivity index (χ0v) is 16.3. The summed E-state index contributed by atoms with van der Waals surface area (Å²) >= 11 is 0.